The summed E-state index contributed by atoms with van der Waals surface area (Å²) in [4.78, 5) is 13.8. The average molecular weight is 445 g/mol. The molecule has 5 heteroatoms. The van der Waals surface area contributed by atoms with E-state index in [0.29, 0.717) is 29.6 Å². The van der Waals surface area contributed by atoms with Gasteiger partial charge in [-0.25, -0.2) is 4.79 Å². The second-order valence-electron chi connectivity index (χ2n) is 7.71. The molecule has 0 unspecified atom stereocenters. The molecule has 162 valence electrons. The highest BCUT2D eigenvalue weighted by atomic mass is 32.2. The molecule has 32 heavy (non-hydrogen) atoms. The molecule has 3 aromatic carbocycles. The Kier molecular flexibility index (Phi) is 6.66. The molecule has 0 aliphatic rings. The van der Waals surface area contributed by atoms with Gasteiger partial charge in [0.05, 0.1) is 0 Å². The molecular formula is C27H24O4S. The minimum atomic E-state index is -0.562. The molecule has 4 nitrogen and oxygen atoms in total. The van der Waals surface area contributed by atoms with Gasteiger partial charge in [0.15, 0.2) is 0 Å². The zero-order valence-corrected chi connectivity index (χ0v) is 18.8. The molecule has 0 atom stereocenters. The highest BCUT2D eigenvalue weighted by Crippen LogP contribution is 2.37. The lowest BCUT2D eigenvalue weighted by Crippen LogP contribution is -2.03. The molecule has 0 spiro atoms. The highest BCUT2D eigenvalue weighted by molar-refractivity contribution is 7.99. The molecule has 0 bridgehead atoms. The molecule has 4 rings (SSSR count). The number of hydrogen-bond acceptors (Lipinski definition) is 5. The Labute approximate surface area is 191 Å². The van der Waals surface area contributed by atoms with Gasteiger partial charge in [0.1, 0.15) is 28.8 Å². The van der Waals surface area contributed by atoms with Gasteiger partial charge in [-0.15, -0.1) is 0 Å². The summed E-state index contributed by atoms with van der Waals surface area (Å²) < 4.78 is 11.3. The summed E-state index contributed by atoms with van der Waals surface area (Å²) in [5.41, 5.74) is 2.32. The standard InChI is InChI=1S/C27H24O4S/c1-18(2)22-10-6-7-11-25(22)32-26-23(28)16-24(31-27(26)29)20-12-14-21(15-13-20)30-17-19-8-4-3-5-9-19/h3-16,18,28H,17H2,1-2H3. The van der Waals surface area contributed by atoms with Crippen molar-refractivity contribution in [2.75, 3.05) is 0 Å². The molecule has 0 aliphatic heterocycles. The molecular weight excluding hydrogens is 420 g/mol. The van der Waals surface area contributed by atoms with E-state index in [0.717, 1.165) is 16.0 Å². The fraction of sp³-hybridized carbons (Fsp3) is 0.148. The van der Waals surface area contributed by atoms with Gasteiger partial charge in [0.2, 0.25) is 0 Å². The first-order chi connectivity index (χ1) is 15.5. The lowest BCUT2D eigenvalue weighted by molar-refractivity contribution is 0.306. The van der Waals surface area contributed by atoms with Gasteiger partial charge in [-0.05, 0) is 47.4 Å². The minimum Gasteiger partial charge on any atom is -0.506 e. The normalized spacial score (nSPS) is 11.0. The molecule has 4 aromatic rings. The van der Waals surface area contributed by atoms with Crippen LogP contribution in [0.1, 0.15) is 30.9 Å². The third kappa shape index (κ3) is 5.06. The molecule has 0 saturated carbocycles. The topological polar surface area (TPSA) is 59.7 Å². The minimum absolute atomic E-state index is 0.0933. The average Bonchev–Trinajstić information content (AvgIpc) is 2.81. The van der Waals surface area contributed by atoms with Crippen LogP contribution in [0, 0.1) is 0 Å². The van der Waals surface area contributed by atoms with Gasteiger partial charge in [-0.3, -0.25) is 0 Å². The second-order valence-corrected chi connectivity index (χ2v) is 8.76. The van der Waals surface area contributed by atoms with Crippen LogP contribution in [0.4, 0.5) is 0 Å². The van der Waals surface area contributed by atoms with Gasteiger partial charge in [-0.2, -0.15) is 0 Å². The van der Waals surface area contributed by atoms with Gasteiger partial charge in [0.25, 0.3) is 0 Å². The van der Waals surface area contributed by atoms with Gasteiger partial charge in [-0.1, -0.05) is 74.1 Å². The third-order valence-electron chi connectivity index (χ3n) is 5.03. The van der Waals surface area contributed by atoms with Crippen molar-refractivity contribution in [3.8, 4) is 22.8 Å². The first kappa shape index (κ1) is 21.8. The van der Waals surface area contributed by atoms with Crippen LogP contribution in [0.25, 0.3) is 11.3 Å². The van der Waals surface area contributed by atoms with E-state index in [1.807, 2.05) is 66.7 Å². The number of hydrogen-bond donors (Lipinski definition) is 1. The predicted octanol–water partition coefficient (Wildman–Crippen LogP) is 6.87. The Morgan fingerprint density at radius 1 is 0.938 bits per heavy atom. The maximum Gasteiger partial charge on any atom is 0.354 e. The Balaban J connectivity index is 1.52. The van der Waals surface area contributed by atoms with Crippen LogP contribution in [0.2, 0.25) is 0 Å². The summed E-state index contributed by atoms with van der Waals surface area (Å²) in [6.45, 7) is 4.66. The van der Waals surface area contributed by atoms with E-state index in [9.17, 15) is 9.90 Å². The number of aromatic hydroxyl groups is 1. The lowest BCUT2D eigenvalue weighted by atomic mass is 10.0. The van der Waals surface area contributed by atoms with Crippen molar-refractivity contribution in [1.29, 1.82) is 0 Å². The van der Waals surface area contributed by atoms with Gasteiger partial charge >= 0.3 is 5.63 Å². The van der Waals surface area contributed by atoms with Crippen LogP contribution >= 0.6 is 11.8 Å². The number of benzene rings is 3. The Morgan fingerprint density at radius 2 is 1.62 bits per heavy atom. The van der Waals surface area contributed by atoms with Crippen LogP contribution < -0.4 is 10.4 Å². The van der Waals surface area contributed by atoms with Crippen molar-refractivity contribution in [1.82, 2.24) is 0 Å². The summed E-state index contributed by atoms with van der Waals surface area (Å²) in [5.74, 6) is 1.23. The first-order valence-corrected chi connectivity index (χ1v) is 11.2. The number of ether oxygens (including phenoxy) is 1. The molecule has 0 radical (unpaired) electrons. The predicted molar refractivity (Wildman–Crippen MR) is 128 cm³/mol. The van der Waals surface area contributed by atoms with Crippen molar-refractivity contribution in [2.45, 2.75) is 36.2 Å². The van der Waals surface area contributed by atoms with Gasteiger partial charge < -0.3 is 14.3 Å². The number of rotatable bonds is 7. The summed E-state index contributed by atoms with van der Waals surface area (Å²) in [7, 11) is 0. The summed E-state index contributed by atoms with van der Waals surface area (Å²) in [6.07, 6.45) is 0. The zero-order valence-electron chi connectivity index (χ0n) is 17.9. The van der Waals surface area contributed by atoms with Crippen molar-refractivity contribution in [3.63, 3.8) is 0 Å². The Hall–Kier alpha value is -3.44. The maximum absolute atomic E-state index is 12.7. The van der Waals surface area contributed by atoms with E-state index in [4.69, 9.17) is 9.15 Å². The summed E-state index contributed by atoms with van der Waals surface area (Å²) in [5, 5.41) is 10.6. The van der Waals surface area contributed by atoms with Crippen LogP contribution in [0.3, 0.4) is 0 Å². The molecule has 0 fully saturated rings. The van der Waals surface area contributed by atoms with E-state index >= 15 is 0 Å². The van der Waals surface area contributed by atoms with E-state index in [-0.39, 0.29) is 10.6 Å². The smallest absolute Gasteiger partial charge is 0.354 e. The van der Waals surface area contributed by atoms with Gasteiger partial charge in [0, 0.05) is 16.5 Å². The maximum atomic E-state index is 12.7. The largest absolute Gasteiger partial charge is 0.506 e. The van der Waals surface area contributed by atoms with E-state index in [1.54, 1.807) is 12.1 Å². The quantitative estimate of drug-likeness (QED) is 0.337. The van der Waals surface area contributed by atoms with Crippen molar-refractivity contribution in [2.24, 2.45) is 0 Å². The Morgan fingerprint density at radius 3 is 2.31 bits per heavy atom. The van der Waals surface area contributed by atoms with Crippen molar-refractivity contribution in [3.05, 3.63) is 106 Å². The molecule has 0 amide bonds. The summed E-state index contributed by atoms with van der Waals surface area (Å²) >= 11 is 1.23. The fourth-order valence-corrected chi connectivity index (χ4v) is 4.40. The van der Waals surface area contributed by atoms with E-state index < -0.39 is 5.63 Å². The fourth-order valence-electron chi connectivity index (χ4n) is 3.32. The van der Waals surface area contributed by atoms with E-state index in [1.165, 1.54) is 17.8 Å². The van der Waals surface area contributed by atoms with Crippen LogP contribution in [0.15, 0.2) is 104 Å². The molecule has 1 N–H and O–H groups in total. The Bertz CT molecular complexity index is 1240. The molecule has 1 heterocycles. The molecule has 0 saturated heterocycles. The zero-order chi connectivity index (χ0) is 22.5. The van der Waals surface area contributed by atoms with Crippen LogP contribution in [0.5, 0.6) is 11.5 Å². The van der Waals surface area contributed by atoms with Crippen LogP contribution in [-0.2, 0) is 6.61 Å². The van der Waals surface area contributed by atoms with Crippen molar-refractivity contribution >= 4 is 11.8 Å². The SMILES string of the molecule is CC(C)c1ccccc1Sc1c(O)cc(-c2ccc(OCc3ccccc3)cc2)oc1=O. The summed E-state index contributed by atoms with van der Waals surface area (Å²) in [6, 6.07) is 26.5. The third-order valence-corrected chi connectivity index (χ3v) is 6.20. The molecule has 0 aliphatic carbocycles. The molecule has 1 aromatic heterocycles. The van der Waals surface area contributed by atoms with E-state index in [2.05, 4.69) is 13.8 Å². The first-order valence-electron chi connectivity index (χ1n) is 10.4. The highest BCUT2D eigenvalue weighted by Gasteiger charge is 2.16. The van der Waals surface area contributed by atoms with Crippen molar-refractivity contribution < 1.29 is 14.3 Å². The monoisotopic (exact) mass is 444 g/mol. The second kappa shape index (κ2) is 9.79. The lowest BCUT2D eigenvalue weighted by Gasteiger charge is -2.12. The van der Waals surface area contributed by atoms with Crippen LogP contribution in [-0.4, -0.2) is 5.11 Å².